The first-order valence-electron chi connectivity index (χ1n) is 9.94. The highest BCUT2D eigenvalue weighted by atomic mass is 16.3. The van der Waals surface area contributed by atoms with E-state index in [1.54, 1.807) is 17.0 Å². The Morgan fingerprint density at radius 2 is 1.72 bits per heavy atom. The van der Waals surface area contributed by atoms with E-state index >= 15 is 0 Å². The molecule has 3 aromatic rings. The van der Waals surface area contributed by atoms with Crippen LogP contribution in [0.5, 0.6) is 0 Å². The second kappa shape index (κ2) is 8.35. The van der Waals surface area contributed by atoms with Crippen LogP contribution >= 0.6 is 0 Å². The molecule has 0 saturated carbocycles. The van der Waals surface area contributed by atoms with Gasteiger partial charge in [0.15, 0.2) is 5.76 Å². The average Bonchev–Trinajstić information content (AvgIpc) is 3.46. The third-order valence-corrected chi connectivity index (χ3v) is 5.42. The molecule has 0 aliphatic carbocycles. The van der Waals surface area contributed by atoms with Crippen LogP contribution in [0.25, 0.3) is 11.1 Å². The molecular weight excluding hydrogens is 364 g/mol. The number of rotatable bonds is 5. The number of carbonyl (C=O) groups is 2. The van der Waals surface area contributed by atoms with E-state index in [1.165, 1.54) is 6.26 Å². The van der Waals surface area contributed by atoms with Gasteiger partial charge in [-0.25, -0.2) is 0 Å². The summed E-state index contributed by atoms with van der Waals surface area (Å²) in [6, 6.07) is 21.1. The van der Waals surface area contributed by atoms with Crippen molar-refractivity contribution in [3.05, 3.63) is 84.3 Å². The molecule has 1 aliphatic heterocycles. The number of hydrogen-bond acceptors (Lipinski definition) is 3. The number of likely N-dealkylation sites (tertiary alicyclic amines) is 1. The first kappa shape index (κ1) is 19.0. The topological polar surface area (TPSA) is 62.6 Å². The molecule has 5 nitrogen and oxygen atoms in total. The summed E-state index contributed by atoms with van der Waals surface area (Å²) in [7, 11) is 0. The summed E-state index contributed by atoms with van der Waals surface area (Å²) in [4.78, 5) is 27.1. The highest BCUT2D eigenvalue weighted by Gasteiger charge is 2.35. The van der Waals surface area contributed by atoms with Crippen LogP contribution in [-0.4, -0.2) is 29.3 Å². The minimum Gasteiger partial charge on any atom is -0.459 e. The number of amides is 2. The van der Waals surface area contributed by atoms with Crippen LogP contribution in [0.1, 0.15) is 41.9 Å². The van der Waals surface area contributed by atoms with Gasteiger partial charge in [-0.2, -0.15) is 0 Å². The molecule has 0 bridgehead atoms. The summed E-state index contributed by atoms with van der Waals surface area (Å²) in [6.07, 6.45) is 2.95. The van der Waals surface area contributed by atoms with Gasteiger partial charge in [-0.1, -0.05) is 54.6 Å². The van der Waals surface area contributed by atoms with Gasteiger partial charge in [-0.3, -0.25) is 9.59 Å². The molecule has 148 valence electrons. The standard InChI is InChI=1S/C24H24N2O3/c1-17(18-11-13-20(14-12-18)19-7-3-2-4-8-19)25-23(27)21-9-5-15-26(21)24(28)22-10-6-16-29-22/h2-4,6-8,10-14,16-17,21H,5,9,15H2,1H3,(H,25,27). The molecule has 1 saturated heterocycles. The van der Waals surface area contributed by atoms with E-state index < -0.39 is 6.04 Å². The van der Waals surface area contributed by atoms with Crippen LogP contribution in [0, 0.1) is 0 Å². The monoisotopic (exact) mass is 388 g/mol. The average molecular weight is 388 g/mol. The fourth-order valence-electron chi connectivity index (χ4n) is 3.81. The van der Waals surface area contributed by atoms with E-state index in [0.717, 1.165) is 23.1 Å². The van der Waals surface area contributed by atoms with Crippen molar-refractivity contribution < 1.29 is 14.0 Å². The van der Waals surface area contributed by atoms with Crippen molar-refractivity contribution in [3.8, 4) is 11.1 Å². The van der Waals surface area contributed by atoms with Crippen molar-refractivity contribution in [1.82, 2.24) is 10.2 Å². The van der Waals surface area contributed by atoms with Gasteiger partial charge in [0.25, 0.3) is 5.91 Å². The summed E-state index contributed by atoms with van der Waals surface area (Å²) < 4.78 is 5.21. The quantitative estimate of drug-likeness (QED) is 0.703. The third-order valence-electron chi connectivity index (χ3n) is 5.42. The van der Waals surface area contributed by atoms with Gasteiger partial charge >= 0.3 is 0 Å². The van der Waals surface area contributed by atoms with Gasteiger partial charge in [0.05, 0.1) is 12.3 Å². The maximum Gasteiger partial charge on any atom is 0.290 e. The Kier molecular flexibility index (Phi) is 5.47. The number of benzene rings is 2. The summed E-state index contributed by atoms with van der Waals surface area (Å²) in [6.45, 7) is 2.53. The lowest BCUT2D eigenvalue weighted by atomic mass is 10.0. The van der Waals surface area contributed by atoms with E-state index in [9.17, 15) is 9.59 Å². The smallest absolute Gasteiger partial charge is 0.290 e. The predicted octanol–water partition coefficient (Wildman–Crippen LogP) is 4.43. The second-order valence-electron chi connectivity index (χ2n) is 7.35. The zero-order chi connectivity index (χ0) is 20.2. The minimum absolute atomic E-state index is 0.123. The minimum atomic E-state index is -0.460. The molecule has 2 amide bonds. The predicted molar refractivity (Wildman–Crippen MR) is 111 cm³/mol. The molecule has 2 heterocycles. The van der Waals surface area contributed by atoms with Gasteiger partial charge in [0, 0.05) is 6.54 Å². The summed E-state index contributed by atoms with van der Waals surface area (Å²) in [5.41, 5.74) is 3.33. The lowest BCUT2D eigenvalue weighted by Crippen LogP contribution is -2.46. The molecule has 2 unspecified atom stereocenters. The fraction of sp³-hybridized carbons (Fsp3) is 0.250. The van der Waals surface area contributed by atoms with Crippen LogP contribution in [-0.2, 0) is 4.79 Å². The van der Waals surface area contributed by atoms with E-state index in [0.29, 0.717) is 13.0 Å². The van der Waals surface area contributed by atoms with Crippen molar-refractivity contribution in [2.75, 3.05) is 6.54 Å². The first-order chi connectivity index (χ1) is 14.1. The van der Waals surface area contributed by atoms with Crippen molar-refractivity contribution in [2.24, 2.45) is 0 Å². The van der Waals surface area contributed by atoms with Crippen LogP contribution in [0.2, 0.25) is 0 Å². The fourth-order valence-corrected chi connectivity index (χ4v) is 3.81. The summed E-state index contributed by atoms with van der Waals surface area (Å²) >= 11 is 0. The Morgan fingerprint density at radius 1 is 1.00 bits per heavy atom. The lowest BCUT2D eigenvalue weighted by molar-refractivity contribution is -0.125. The second-order valence-corrected chi connectivity index (χ2v) is 7.35. The van der Waals surface area contributed by atoms with Gasteiger partial charge in [0.2, 0.25) is 5.91 Å². The molecule has 1 fully saturated rings. The molecule has 1 aliphatic rings. The van der Waals surface area contributed by atoms with E-state index in [1.807, 2.05) is 37.3 Å². The number of nitrogens with one attached hydrogen (secondary N) is 1. The maximum atomic E-state index is 12.9. The zero-order valence-corrected chi connectivity index (χ0v) is 16.4. The number of furan rings is 1. The van der Waals surface area contributed by atoms with E-state index in [-0.39, 0.29) is 23.6 Å². The van der Waals surface area contributed by atoms with E-state index in [2.05, 4.69) is 29.6 Å². The summed E-state index contributed by atoms with van der Waals surface area (Å²) in [5.74, 6) is -0.0798. The molecule has 1 N–H and O–H groups in total. The molecule has 2 atom stereocenters. The number of carbonyl (C=O) groups excluding carboxylic acids is 2. The molecule has 1 aromatic heterocycles. The highest BCUT2D eigenvalue weighted by Crippen LogP contribution is 2.24. The van der Waals surface area contributed by atoms with Gasteiger partial charge in [-0.05, 0) is 48.6 Å². The van der Waals surface area contributed by atoms with Crippen molar-refractivity contribution in [2.45, 2.75) is 31.8 Å². The zero-order valence-electron chi connectivity index (χ0n) is 16.4. The maximum absolute atomic E-state index is 12.9. The van der Waals surface area contributed by atoms with Gasteiger partial charge in [-0.15, -0.1) is 0 Å². The van der Waals surface area contributed by atoms with Crippen molar-refractivity contribution >= 4 is 11.8 Å². The molecule has 0 spiro atoms. The van der Waals surface area contributed by atoms with Crippen molar-refractivity contribution in [3.63, 3.8) is 0 Å². The molecule has 5 heteroatoms. The van der Waals surface area contributed by atoms with Crippen LogP contribution < -0.4 is 5.32 Å². The number of hydrogen-bond donors (Lipinski definition) is 1. The molecule has 2 aromatic carbocycles. The lowest BCUT2D eigenvalue weighted by Gasteiger charge is -2.25. The molecular formula is C24H24N2O3. The van der Waals surface area contributed by atoms with Crippen LogP contribution in [0.3, 0.4) is 0 Å². The number of nitrogens with zero attached hydrogens (tertiary/aromatic N) is 1. The third kappa shape index (κ3) is 4.09. The van der Waals surface area contributed by atoms with Crippen LogP contribution in [0.4, 0.5) is 0 Å². The van der Waals surface area contributed by atoms with Gasteiger partial charge < -0.3 is 14.6 Å². The highest BCUT2D eigenvalue weighted by molar-refractivity contribution is 5.96. The Morgan fingerprint density at radius 3 is 2.41 bits per heavy atom. The van der Waals surface area contributed by atoms with Crippen molar-refractivity contribution in [1.29, 1.82) is 0 Å². The normalized spacial score (nSPS) is 17.1. The Balaban J connectivity index is 1.42. The SMILES string of the molecule is CC(NC(=O)C1CCCN1C(=O)c1ccco1)c1ccc(-c2ccccc2)cc1. The van der Waals surface area contributed by atoms with E-state index in [4.69, 9.17) is 4.42 Å². The van der Waals surface area contributed by atoms with Gasteiger partial charge in [0.1, 0.15) is 6.04 Å². The Labute approximate surface area is 170 Å². The first-order valence-corrected chi connectivity index (χ1v) is 9.94. The van der Waals surface area contributed by atoms with Crippen LogP contribution in [0.15, 0.2) is 77.4 Å². The largest absolute Gasteiger partial charge is 0.459 e. The Hall–Kier alpha value is -3.34. The molecule has 0 radical (unpaired) electrons. The molecule has 29 heavy (non-hydrogen) atoms. The summed E-state index contributed by atoms with van der Waals surface area (Å²) in [5, 5.41) is 3.06. The molecule has 4 rings (SSSR count). The Bertz CT molecular complexity index is 965.